The van der Waals surface area contributed by atoms with Crippen molar-refractivity contribution in [2.24, 2.45) is 5.92 Å². The van der Waals surface area contributed by atoms with Gasteiger partial charge in [0.25, 0.3) is 11.8 Å². The molecule has 194 valence electrons. The first kappa shape index (κ1) is 26.8. The van der Waals surface area contributed by atoms with Gasteiger partial charge in [-0.2, -0.15) is 0 Å². The maximum atomic E-state index is 13.1. The van der Waals surface area contributed by atoms with Gasteiger partial charge in [0.2, 0.25) is 5.91 Å². The van der Waals surface area contributed by atoms with Gasteiger partial charge in [-0.3, -0.25) is 19.2 Å². The summed E-state index contributed by atoms with van der Waals surface area (Å²) in [5.74, 6) is -3.05. The number of nitrogens with zero attached hydrogens (tertiary/aromatic N) is 2. The molecule has 0 N–H and O–H groups in total. The number of halogens is 5. The van der Waals surface area contributed by atoms with Crippen molar-refractivity contribution in [2.45, 2.75) is 13.3 Å². The number of aryl methyl sites for hydroxylation is 1. The second-order valence-electron chi connectivity index (χ2n) is 8.71. The molecule has 38 heavy (non-hydrogen) atoms. The molecule has 1 fully saturated rings. The van der Waals surface area contributed by atoms with Crippen LogP contribution in [0.2, 0.25) is 25.1 Å². The molecule has 5 rings (SSSR count). The Morgan fingerprint density at radius 1 is 0.842 bits per heavy atom. The minimum Gasteiger partial charge on any atom is -0.426 e. The third kappa shape index (κ3) is 4.42. The second-order valence-corrected chi connectivity index (χ2v) is 10.6. The highest BCUT2D eigenvalue weighted by Gasteiger charge is 2.43. The molecular formula is C26H15Cl5N2O5. The van der Waals surface area contributed by atoms with Crippen molar-refractivity contribution in [3.8, 4) is 5.75 Å². The molecule has 2 aliphatic rings. The summed E-state index contributed by atoms with van der Waals surface area (Å²) in [5, 5.41) is -0.153. The minimum atomic E-state index is -0.757. The van der Waals surface area contributed by atoms with Crippen LogP contribution in [0.25, 0.3) is 0 Å². The Balaban J connectivity index is 1.36. The summed E-state index contributed by atoms with van der Waals surface area (Å²) in [5.41, 5.74) is 1.23. The van der Waals surface area contributed by atoms with E-state index in [0.29, 0.717) is 10.7 Å². The monoisotopic (exact) mass is 610 g/mol. The molecule has 2 heterocycles. The topological polar surface area (TPSA) is 84.0 Å². The molecular weight excluding hydrogens is 598 g/mol. The van der Waals surface area contributed by atoms with Crippen LogP contribution in [0.4, 0.5) is 11.4 Å². The highest BCUT2D eigenvalue weighted by Crippen LogP contribution is 2.46. The Kier molecular flexibility index (Phi) is 7.09. The highest BCUT2D eigenvalue weighted by atomic mass is 35.5. The lowest BCUT2D eigenvalue weighted by Gasteiger charge is -2.18. The fourth-order valence-corrected chi connectivity index (χ4v) is 5.52. The zero-order valence-corrected chi connectivity index (χ0v) is 23.1. The van der Waals surface area contributed by atoms with Crippen LogP contribution < -0.4 is 14.5 Å². The fourth-order valence-electron chi connectivity index (χ4n) is 4.33. The third-order valence-corrected chi connectivity index (χ3v) is 8.53. The van der Waals surface area contributed by atoms with E-state index in [9.17, 15) is 19.2 Å². The summed E-state index contributed by atoms with van der Waals surface area (Å²) in [6.45, 7) is 1.97. The summed E-state index contributed by atoms with van der Waals surface area (Å²) in [6.07, 6.45) is -0.0407. The predicted molar refractivity (Wildman–Crippen MR) is 146 cm³/mol. The standard InChI is InChI=1S/C26H15Cl5N2O5/c1-11-5-6-13(9-16(11)27)32-10-12(7-17(32)34)26(37)38-15-4-2-3-14(8-15)33-24(35)18-19(25(33)36)21(29)23(31)22(30)20(18)28/h2-6,8-9,12H,7,10H2,1H3/t12-/m0/s1. The molecule has 7 nitrogen and oxygen atoms in total. The van der Waals surface area contributed by atoms with E-state index in [4.69, 9.17) is 62.7 Å². The predicted octanol–water partition coefficient (Wildman–Crippen LogP) is 7.02. The van der Waals surface area contributed by atoms with E-state index < -0.39 is 23.7 Å². The Bertz CT molecular complexity index is 1530. The number of anilines is 2. The van der Waals surface area contributed by atoms with Crippen molar-refractivity contribution >= 4 is 93.1 Å². The van der Waals surface area contributed by atoms with Gasteiger partial charge in [0.15, 0.2) is 0 Å². The van der Waals surface area contributed by atoms with Gasteiger partial charge < -0.3 is 9.64 Å². The Morgan fingerprint density at radius 2 is 1.47 bits per heavy atom. The van der Waals surface area contributed by atoms with Gasteiger partial charge in [0.1, 0.15) is 5.75 Å². The number of fused-ring (bicyclic) bond motifs is 1. The van der Waals surface area contributed by atoms with Crippen LogP contribution in [0.15, 0.2) is 42.5 Å². The lowest BCUT2D eigenvalue weighted by Crippen LogP contribution is -2.29. The van der Waals surface area contributed by atoms with Crippen LogP contribution in [-0.2, 0) is 9.59 Å². The number of imide groups is 1. The van der Waals surface area contributed by atoms with E-state index in [0.717, 1.165) is 10.5 Å². The average Bonchev–Trinajstić information content (AvgIpc) is 3.40. The lowest BCUT2D eigenvalue weighted by molar-refractivity contribution is -0.139. The number of hydrogen-bond acceptors (Lipinski definition) is 5. The van der Waals surface area contributed by atoms with E-state index in [-0.39, 0.29) is 61.5 Å². The van der Waals surface area contributed by atoms with E-state index in [2.05, 4.69) is 0 Å². The average molecular weight is 613 g/mol. The zero-order valence-electron chi connectivity index (χ0n) is 19.4. The maximum absolute atomic E-state index is 13.1. The van der Waals surface area contributed by atoms with Crippen LogP contribution in [0, 0.1) is 12.8 Å². The summed E-state index contributed by atoms with van der Waals surface area (Å²) in [4.78, 5) is 54.1. The smallest absolute Gasteiger partial charge is 0.316 e. The molecule has 0 bridgehead atoms. The number of hydrogen-bond donors (Lipinski definition) is 0. The van der Waals surface area contributed by atoms with Crippen LogP contribution in [-0.4, -0.2) is 30.2 Å². The molecule has 3 aromatic carbocycles. The number of ether oxygens (including phenoxy) is 1. The minimum absolute atomic E-state index is 0.0407. The zero-order chi connectivity index (χ0) is 27.5. The van der Waals surface area contributed by atoms with Crippen molar-refractivity contribution in [3.05, 3.63) is 84.3 Å². The Hall–Kier alpha value is -2.81. The molecule has 0 aliphatic carbocycles. The molecule has 3 aromatic rings. The first-order valence-electron chi connectivity index (χ1n) is 11.1. The largest absolute Gasteiger partial charge is 0.426 e. The number of carbonyl (C=O) groups excluding carboxylic acids is 4. The maximum Gasteiger partial charge on any atom is 0.316 e. The number of rotatable bonds is 4. The highest BCUT2D eigenvalue weighted by molar-refractivity contribution is 6.56. The molecule has 0 spiro atoms. The van der Waals surface area contributed by atoms with Crippen LogP contribution in [0.5, 0.6) is 5.75 Å². The molecule has 2 aliphatic heterocycles. The van der Waals surface area contributed by atoms with Gasteiger partial charge >= 0.3 is 5.97 Å². The number of amides is 3. The van der Waals surface area contributed by atoms with Gasteiger partial charge in [-0.15, -0.1) is 0 Å². The normalized spacial score (nSPS) is 16.9. The quantitative estimate of drug-likeness (QED) is 0.104. The summed E-state index contributed by atoms with van der Waals surface area (Å²) >= 11 is 30.7. The van der Waals surface area contributed by atoms with Crippen molar-refractivity contribution in [3.63, 3.8) is 0 Å². The molecule has 1 saturated heterocycles. The van der Waals surface area contributed by atoms with Crippen LogP contribution in [0.3, 0.4) is 0 Å². The van der Waals surface area contributed by atoms with E-state index in [1.807, 2.05) is 6.92 Å². The van der Waals surface area contributed by atoms with Gasteiger partial charge in [0.05, 0.1) is 42.8 Å². The molecule has 3 amide bonds. The molecule has 0 radical (unpaired) electrons. The van der Waals surface area contributed by atoms with Crippen LogP contribution >= 0.6 is 58.0 Å². The van der Waals surface area contributed by atoms with Crippen LogP contribution in [0.1, 0.15) is 32.7 Å². The lowest BCUT2D eigenvalue weighted by atomic mass is 10.1. The molecule has 0 saturated carbocycles. The first-order valence-corrected chi connectivity index (χ1v) is 13.0. The van der Waals surface area contributed by atoms with Crippen molar-refractivity contribution in [2.75, 3.05) is 16.3 Å². The summed E-state index contributed by atoms with van der Waals surface area (Å²) in [6, 6.07) is 11.0. The second kappa shape index (κ2) is 10.1. The van der Waals surface area contributed by atoms with Gasteiger partial charge in [-0.25, -0.2) is 4.90 Å². The Labute approximate surface area is 241 Å². The van der Waals surface area contributed by atoms with E-state index in [1.165, 1.54) is 29.2 Å². The first-order chi connectivity index (χ1) is 18.0. The fraction of sp³-hybridized carbons (Fsp3) is 0.154. The molecule has 1 atom stereocenters. The molecule has 0 unspecified atom stereocenters. The summed E-state index contributed by atoms with van der Waals surface area (Å²) in [7, 11) is 0. The van der Waals surface area contributed by atoms with Crippen molar-refractivity contribution in [1.29, 1.82) is 0 Å². The number of esters is 1. The van der Waals surface area contributed by atoms with Crippen molar-refractivity contribution in [1.82, 2.24) is 0 Å². The molecule has 12 heteroatoms. The molecule has 0 aromatic heterocycles. The van der Waals surface area contributed by atoms with Crippen molar-refractivity contribution < 1.29 is 23.9 Å². The van der Waals surface area contributed by atoms with E-state index in [1.54, 1.807) is 18.2 Å². The SMILES string of the molecule is Cc1ccc(N2C[C@@H](C(=O)Oc3cccc(N4C(=O)c5c(Cl)c(Cl)c(Cl)c(Cl)c5C4=O)c3)CC2=O)cc1Cl. The third-order valence-electron chi connectivity index (χ3n) is 6.32. The van der Waals surface area contributed by atoms with Gasteiger partial charge in [0, 0.05) is 29.7 Å². The van der Waals surface area contributed by atoms with Gasteiger partial charge in [-0.05, 0) is 36.8 Å². The number of carbonyl (C=O) groups is 4. The van der Waals surface area contributed by atoms with Gasteiger partial charge in [-0.1, -0.05) is 70.1 Å². The van der Waals surface area contributed by atoms with E-state index >= 15 is 0 Å². The Morgan fingerprint density at radius 3 is 2.08 bits per heavy atom. The number of benzene rings is 3. The summed E-state index contributed by atoms with van der Waals surface area (Å²) < 4.78 is 5.52.